The van der Waals surface area contributed by atoms with Crippen LogP contribution in [0.3, 0.4) is 0 Å². The number of aliphatic hydroxyl groups excluding tert-OH is 1. The van der Waals surface area contributed by atoms with Crippen molar-refractivity contribution in [3.8, 4) is 0 Å². The number of unbranched alkanes of at least 4 members (excludes halogenated alkanes) is 7. The van der Waals surface area contributed by atoms with Gasteiger partial charge in [0.05, 0.1) is 6.10 Å². The fourth-order valence-electron chi connectivity index (χ4n) is 2.36. The fraction of sp³-hybridized carbons (Fsp3) is 0.647. The van der Waals surface area contributed by atoms with E-state index in [1.54, 1.807) is 0 Å². The minimum absolute atomic E-state index is 0.334. The van der Waals surface area contributed by atoms with Crippen molar-refractivity contribution in [3.63, 3.8) is 0 Å². The summed E-state index contributed by atoms with van der Waals surface area (Å²) in [6.45, 7) is 2.25. The molecular formula is C17H26Br2O. The topological polar surface area (TPSA) is 20.2 Å². The van der Waals surface area contributed by atoms with Gasteiger partial charge >= 0.3 is 0 Å². The van der Waals surface area contributed by atoms with Crippen molar-refractivity contribution >= 4 is 31.9 Å². The summed E-state index contributed by atoms with van der Waals surface area (Å²) in [7, 11) is 0. The van der Waals surface area contributed by atoms with Crippen LogP contribution in [0.2, 0.25) is 0 Å². The summed E-state index contributed by atoms with van der Waals surface area (Å²) in [6.07, 6.45) is 11.0. The molecule has 0 bridgehead atoms. The maximum absolute atomic E-state index is 10.2. The van der Waals surface area contributed by atoms with Crippen LogP contribution in [-0.2, 0) is 0 Å². The fourth-order valence-corrected chi connectivity index (χ4v) is 3.00. The minimum Gasteiger partial charge on any atom is -0.388 e. The summed E-state index contributed by atoms with van der Waals surface area (Å²) < 4.78 is 2.03. The van der Waals surface area contributed by atoms with E-state index in [1.807, 2.05) is 18.2 Å². The largest absolute Gasteiger partial charge is 0.388 e. The molecule has 1 unspecified atom stereocenters. The van der Waals surface area contributed by atoms with E-state index in [2.05, 4.69) is 38.8 Å². The third kappa shape index (κ3) is 7.24. The molecule has 114 valence electrons. The molecule has 0 amide bonds. The monoisotopic (exact) mass is 404 g/mol. The van der Waals surface area contributed by atoms with Crippen molar-refractivity contribution in [1.82, 2.24) is 0 Å². The Balaban J connectivity index is 2.13. The van der Waals surface area contributed by atoms with Crippen LogP contribution in [0.15, 0.2) is 27.1 Å². The van der Waals surface area contributed by atoms with Crippen molar-refractivity contribution in [2.75, 3.05) is 0 Å². The van der Waals surface area contributed by atoms with Gasteiger partial charge in [-0.05, 0) is 56.0 Å². The Morgan fingerprint density at radius 3 is 2.10 bits per heavy atom. The summed E-state index contributed by atoms with van der Waals surface area (Å²) in [5.74, 6) is 0. The summed E-state index contributed by atoms with van der Waals surface area (Å²) in [6, 6.07) is 5.97. The van der Waals surface area contributed by atoms with Gasteiger partial charge in [-0.15, -0.1) is 0 Å². The zero-order valence-corrected chi connectivity index (χ0v) is 15.5. The Labute approximate surface area is 140 Å². The van der Waals surface area contributed by atoms with E-state index in [9.17, 15) is 5.11 Å². The maximum Gasteiger partial charge on any atom is 0.0790 e. The molecule has 1 N–H and O–H groups in total. The van der Waals surface area contributed by atoms with Crippen molar-refractivity contribution in [1.29, 1.82) is 0 Å². The predicted molar refractivity (Wildman–Crippen MR) is 94.0 cm³/mol. The second kappa shape index (κ2) is 10.8. The first-order valence-corrected chi connectivity index (χ1v) is 9.36. The van der Waals surface area contributed by atoms with Crippen molar-refractivity contribution < 1.29 is 5.11 Å². The van der Waals surface area contributed by atoms with E-state index in [-0.39, 0.29) is 6.10 Å². The molecule has 0 spiro atoms. The number of benzene rings is 1. The minimum atomic E-state index is -0.334. The molecule has 1 rings (SSSR count). The van der Waals surface area contributed by atoms with E-state index in [0.29, 0.717) is 0 Å². The van der Waals surface area contributed by atoms with E-state index in [0.717, 1.165) is 27.4 Å². The van der Waals surface area contributed by atoms with Gasteiger partial charge in [0.25, 0.3) is 0 Å². The first-order valence-electron chi connectivity index (χ1n) is 7.78. The predicted octanol–water partition coefficient (Wildman–Crippen LogP) is 6.78. The van der Waals surface area contributed by atoms with Crippen molar-refractivity contribution in [2.45, 2.75) is 70.8 Å². The number of aliphatic hydroxyl groups is 1. The SMILES string of the molecule is CCCCCCCCCCC(O)c1ccc(Br)c(Br)c1. The standard InChI is InChI=1S/C17H26Br2O/c1-2-3-4-5-6-7-8-9-10-17(20)14-11-12-15(18)16(19)13-14/h11-13,17,20H,2-10H2,1H3. The van der Waals surface area contributed by atoms with Crippen LogP contribution in [0.1, 0.15) is 76.4 Å². The van der Waals surface area contributed by atoms with Crippen LogP contribution in [0.4, 0.5) is 0 Å². The average molecular weight is 406 g/mol. The van der Waals surface area contributed by atoms with Gasteiger partial charge in [0, 0.05) is 8.95 Å². The molecule has 1 atom stereocenters. The summed E-state index contributed by atoms with van der Waals surface area (Å²) >= 11 is 6.93. The Morgan fingerprint density at radius 2 is 1.50 bits per heavy atom. The van der Waals surface area contributed by atoms with Gasteiger partial charge in [0.1, 0.15) is 0 Å². The Kier molecular flexibility index (Phi) is 9.83. The van der Waals surface area contributed by atoms with Crippen LogP contribution in [0.25, 0.3) is 0 Å². The van der Waals surface area contributed by atoms with Crippen LogP contribution in [0, 0.1) is 0 Å². The maximum atomic E-state index is 10.2. The zero-order valence-electron chi connectivity index (χ0n) is 12.4. The molecular weight excluding hydrogens is 380 g/mol. The first kappa shape index (κ1) is 18.2. The van der Waals surface area contributed by atoms with Gasteiger partial charge in [-0.3, -0.25) is 0 Å². The van der Waals surface area contributed by atoms with Crippen LogP contribution in [0.5, 0.6) is 0 Å². The van der Waals surface area contributed by atoms with Crippen LogP contribution >= 0.6 is 31.9 Å². The van der Waals surface area contributed by atoms with Gasteiger partial charge in [0.15, 0.2) is 0 Å². The Bertz CT molecular complexity index is 379. The zero-order chi connectivity index (χ0) is 14.8. The molecule has 0 saturated carbocycles. The third-order valence-electron chi connectivity index (χ3n) is 3.66. The lowest BCUT2D eigenvalue weighted by Crippen LogP contribution is -1.97. The van der Waals surface area contributed by atoms with E-state index in [4.69, 9.17) is 0 Å². The normalized spacial score (nSPS) is 12.6. The van der Waals surface area contributed by atoms with Crippen LogP contribution in [-0.4, -0.2) is 5.11 Å². The lowest BCUT2D eigenvalue weighted by atomic mass is 10.0. The van der Waals surface area contributed by atoms with Gasteiger partial charge in [-0.1, -0.05) is 64.4 Å². The third-order valence-corrected chi connectivity index (χ3v) is 5.54. The van der Waals surface area contributed by atoms with Gasteiger partial charge < -0.3 is 5.11 Å². The van der Waals surface area contributed by atoms with E-state index < -0.39 is 0 Å². The molecule has 0 heterocycles. The Morgan fingerprint density at radius 1 is 0.900 bits per heavy atom. The highest BCUT2D eigenvalue weighted by Gasteiger charge is 2.08. The molecule has 20 heavy (non-hydrogen) atoms. The quantitative estimate of drug-likeness (QED) is 0.425. The number of hydrogen-bond donors (Lipinski definition) is 1. The highest BCUT2D eigenvalue weighted by Crippen LogP contribution is 2.28. The summed E-state index contributed by atoms with van der Waals surface area (Å²) in [5, 5.41) is 10.2. The van der Waals surface area contributed by atoms with Gasteiger partial charge in [-0.2, -0.15) is 0 Å². The molecule has 0 saturated heterocycles. The van der Waals surface area contributed by atoms with Gasteiger partial charge in [0.2, 0.25) is 0 Å². The van der Waals surface area contributed by atoms with E-state index >= 15 is 0 Å². The average Bonchev–Trinajstić information content (AvgIpc) is 2.44. The molecule has 1 aromatic rings. The second-order valence-corrected chi connectivity index (χ2v) is 7.16. The number of rotatable bonds is 10. The molecule has 0 aliphatic carbocycles. The molecule has 3 heteroatoms. The molecule has 1 nitrogen and oxygen atoms in total. The highest BCUT2D eigenvalue weighted by molar-refractivity contribution is 9.13. The molecule has 0 aromatic heterocycles. The first-order chi connectivity index (χ1) is 9.65. The molecule has 1 aromatic carbocycles. The lowest BCUT2D eigenvalue weighted by molar-refractivity contribution is 0.163. The summed E-state index contributed by atoms with van der Waals surface area (Å²) in [4.78, 5) is 0. The highest BCUT2D eigenvalue weighted by atomic mass is 79.9. The number of halogens is 2. The lowest BCUT2D eigenvalue weighted by Gasteiger charge is -2.12. The molecule has 0 aliphatic rings. The van der Waals surface area contributed by atoms with E-state index in [1.165, 1.54) is 44.9 Å². The smallest absolute Gasteiger partial charge is 0.0790 e. The molecule has 0 aliphatic heterocycles. The van der Waals surface area contributed by atoms with Crippen molar-refractivity contribution in [2.24, 2.45) is 0 Å². The van der Waals surface area contributed by atoms with Gasteiger partial charge in [-0.25, -0.2) is 0 Å². The molecule has 0 fully saturated rings. The second-order valence-electron chi connectivity index (χ2n) is 5.45. The summed E-state index contributed by atoms with van der Waals surface area (Å²) in [5.41, 5.74) is 1.00. The van der Waals surface area contributed by atoms with Crippen LogP contribution < -0.4 is 0 Å². The van der Waals surface area contributed by atoms with Crippen molar-refractivity contribution in [3.05, 3.63) is 32.7 Å². The number of hydrogen-bond acceptors (Lipinski definition) is 1. The molecule has 0 radical (unpaired) electrons. The Hall–Kier alpha value is 0.140.